The Balaban J connectivity index is 3.05. The molecule has 0 saturated carbocycles. The van der Waals surface area contributed by atoms with Gasteiger partial charge in [-0.2, -0.15) is 13.2 Å². The van der Waals surface area contributed by atoms with Crippen molar-refractivity contribution in [3.8, 4) is 0 Å². The summed E-state index contributed by atoms with van der Waals surface area (Å²) < 4.78 is 38.1. The number of halogens is 3. The summed E-state index contributed by atoms with van der Waals surface area (Å²) in [6, 6.07) is -1.41. The summed E-state index contributed by atoms with van der Waals surface area (Å²) in [6.45, 7) is 0.139. The molecule has 0 aromatic rings. The van der Waals surface area contributed by atoms with Crippen LogP contribution >= 0.6 is 0 Å². The number of carboxylic acid groups (broad SMARTS) is 1. The molecule has 1 rings (SSSR count). The van der Waals surface area contributed by atoms with Crippen molar-refractivity contribution in [3.63, 3.8) is 0 Å². The van der Waals surface area contributed by atoms with E-state index in [0.717, 1.165) is 6.92 Å². The van der Waals surface area contributed by atoms with Crippen LogP contribution in [0.1, 0.15) is 13.8 Å². The number of carbonyl (C=O) groups is 3. The second kappa shape index (κ2) is 4.08. The lowest BCUT2D eigenvalue weighted by Crippen LogP contribution is -2.57. The molecule has 19 heavy (non-hydrogen) atoms. The standard InChI is InChI=1S/C9H11F3N2O5/c1-7(19,5(16)17)3-14-4(15)8(2,9(10,11)12)13-6(14)18/h19H,3H2,1-2H3,(H,13,18)(H,16,17). The average molecular weight is 284 g/mol. The Hall–Kier alpha value is -1.84. The third-order valence-corrected chi connectivity index (χ3v) is 2.77. The van der Waals surface area contributed by atoms with Gasteiger partial charge in [-0.15, -0.1) is 0 Å². The lowest BCUT2D eigenvalue weighted by Gasteiger charge is -2.26. The van der Waals surface area contributed by atoms with Crippen LogP contribution in [-0.4, -0.2) is 56.9 Å². The zero-order valence-corrected chi connectivity index (χ0v) is 9.91. The monoisotopic (exact) mass is 284 g/mol. The maximum atomic E-state index is 12.7. The number of imide groups is 1. The quantitative estimate of drug-likeness (QED) is 0.616. The molecule has 7 nitrogen and oxygen atoms in total. The maximum Gasteiger partial charge on any atom is 0.420 e. The van der Waals surface area contributed by atoms with Crippen molar-refractivity contribution in [2.45, 2.75) is 31.2 Å². The van der Waals surface area contributed by atoms with E-state index in [1.165, 1.54) is 5.32 Å². The topological polar surface area (TPSA) is 107 Å². The van der Waals surface area contributed by atoms with Gasteiger partial charge in [0.15, 0.2) is 5.60 Å². The Morgan fingerprint density at radius 1 is 1.42 bits per heavy atom. The zero-order chi connectivity index (χ0) is 15.2. The molecule has 0 aliphatic carbocycles. The predicted molar refractivity (Wildman–Crippen MR) is 53.0 cm³/mol. The summed E-state index contributed by atoms with van der Waals surface area (Å²) in [7, 11) is 0. The normalized spacial score (nSPS) is 27.2. The summed E-state index contributed by atoms with van der Waals surface area (Å²) in [5.74, 6) is -3.43. The highest BCUT2D eigenvalue weighted by atomic mass is 19.4. The fourth-order valence-electron chi connectivity index (χ4n) is 1.41. The number of rotatable bonds is 3. The fraction of sp³-hybridized carbons (Fsp3) is 0.667. The van der Waals surface area contributed by atoms with E-state index < -0.39 is 41.8 Å². The number of aliphatic hydroxyl groups is 1. The lowest BCUT2D eigenvalue weighted by atomic mass is 10.0. The van der Waals surface area contributed by atoms with E-state index in [0.29, 0.717) is 6.92 Å². The SMILES string of the molecule is CC(O)(CN1C(=O)NC(C)(C(F)(F)F)C1=O)C(=O)O. The van der Waals surface area contributed by atoms with Crippen LogP contribution in [0.5, 0.6) is 0 Å². The molecule has 1 aliphatic heterocycles. The molecule has 3 amide bonds. The molecule has 1 saturated heterocycles. The molecule has 2 atom stereocenters. The molecule has 0 aromatic heterocycles. The van der Waals surface area contributed by atoms with Gasteiger partial charge in [0.05, 0.1) is 6.54 Å². The van der Waals surface area contributed by atoms with Crippen LogP contribution in [0.4, 0.5) is 18.0 Å². The Morgan fingerprint density at radius 2 is 1.89 bits per heavy atom. The highest BCUT2D eigenvalue weighted by molar-refractivity contribution is 6.07. The molecule has 1 fully saturated rings. The van der Waals surface area contributed by atoms with Gasteiger partial charge >= 0.3 is 18.2 Å². The predicted octanol–water partition coefficient (Wildman–Crippen LogP) is -0.305. The molecule has 0 spiro atoms. The van der Waals surface area contributed by atoms with E-state index in [9.17, 15) is 32.7 Å². The molecule has 0 aromatic carbocycles. The highest BCUT2D eigenvalue weighted by Crippen LogP contribution is 2.35. The number of carboxylic acids is 1. The van der Waals surface area contributed by atoms with Crippen LogP contribution in [0.2, 0.25) is 0 Å². The number of nitrogens with one attached hydrogen (secondary N) is 1. The number of amides is 3. The first kappa shape index (κ1) is 15.2. The van der Waals surface area contributed by atoms with Gasteiger partial charge in [-0.05, 0) is 13.8 Å². The van der Waals surface area contributed by atoms with Crippen molar-refractivity contribution in [1.29, 1.82) is 0 Å². The number of carbonyl (C=O) groups excluding carboxylic acids is 2. The van der Waals surface area contributed by atoms with Gasteiger partial charge in [0, 0.05) is 0 Å². The Morgan fingerprint density at radius 3 is 2.21 bits per heavy atom. The Labute approximate surface area is 105 Å². The number of aliphatic carboxylic acids is 1. The van der Waals surface area contributed by atoms with Crippen molar-refractivity contribution >= 4 is 17.9 Å². The third kappa shape index (κ3) is 2.35. The van der Waals surface area contributed by atoms with Gasteiger partial charge in [0.1, 0.15) is 0 Å². The molecule has 0 radical (unpaired) electrons. The molecule has 2 unspecified atom stereocenters. The molecule has 0 bridgehead atoms. The van der Waals surface area contributed by atoms with Crippen molar-refractivity contribution in [2.75, 3.05) is 6.54 Å². The van der Waals surface area contributed by atoms with E-state index in [1.54, 1.807) is 0 Å². The minimum absolute atomic E-state index is 0.0294. The van der Waals surface area contributed by atoms with Gasteiger partial charge in [-0.1, -0.05) is 0 Å². The fourth-order valence-corrected chi connectivity index (χ4v) is 1.41. The second-order valence-corrected chi connectivity index (χ2v) is 4.52. The first-order chi connectivity index (χ1) is 8.33. The molecular formula is C9H11F3N2O5. The van der Waals surface area contributed by atoms with E-state index in [2.05, 4.69) is 0 Å². The minimum Gasteiger partial charge on any atom is -0.479 e. The lowest BCUT2D eigenvalue weighted by molar-refractivity contribution is -0.191. The van der Waals surface area contributed by atoms with Crippen LogP contribution in [0.3, 0.4) is 0 Å². The number of urea groups is 1. The summed E-state index contributed by atoms with van der Waals surface area (Å²) >= 11 is 0. The largest absolute Gasteiger partial charge is 0.479 e. The summed E-state index contributed by atoms with van der Waals surface area (Å²) in [5.41, 5.74) is -5.66. The van der Waals surface area contributed by atoms with Crippen molar-refractivity contribution in [2.24, 2.45) is 0 Å². The first-order valence-electron chi connectivity index (χ1n) is 4.99. The van der Waals surface area contributed by atoms with E-state index in [1.807, 2.05) is 0 Å². The van der Waals surface area contributed by atoms with Gasteiger partial charge < -0.3 is 15.5 Å². The zero-order valence-electron chi connectivity index (χ0n) is 9.91. The minimum atomic E-state index is -5.04. The molecule has 1 aliphatic rings. The van der Waals surface area contributed by atoms with E-state index in [4.69, 9.17) is 5.11 Å². The smallest absolute Gasteiger partial charge is 0.420 e. The number of hydrogen-bond acceptors (Lipinski definition) is 4. The van der Waals surface area contributed by atoms with Crippen molar-refractivity contribution in [1.82, 2.24) is 10.2 Å². The summed E-state index contributed by atoms with van der Waals surface area (Å²) in [5, 5.41) is 19.5. The van der Waals surface area contributed by atoms with Gasteiger partial charge in [0.2, 0.25) is 5.54 Å². The second-order valence-electron chi connectivity index (χ2n) is 4.52. The number of nitrogens with zero attached hydrogens (tertiary/aromatic N) is 1. The number of hydrogen-bond donors (Lipinski definition) is 3. The van der Waals surface area contributed by atoms with Gasteiger partial charge in [-0.25, -0.2) is 9.59 Å². The Kier molecular flexibility index (Phi) is 3.27. The molecule has 3 N–H and O–H groups in total. The van der Waals surface area contributed by atoms with Crippen LogP contribution in [0, 0.1) is 0 Å². The van der Waals surface area contributed by atoms with Crippen molar-refractivity contribution in [3.05, 3.63) is 0 Å². The van der Waals surface area contributed by atoms with Gasteiger partial charge in [-0.3, -0.25) is 9.69 Å². The van der Waals surface area contributed by atoms with Crippen LogP contribution in [0.25, 0.3) is 0 Å². The number of β-amino-alcohol motifs (C(OH)–C–C–N with tert-alkyl or cyclic N) is 1. The maximum absolute atomic E-state index is 12.7. The highest BCUT2D eigenvalue weighted by Gasteiger charge is 2.64. The van der Waals surface area contributed by atoms with Crippen LogP contribution < -0.4 is 5.32 Å². The van der Waals surface area contributed by atoms with E-state index >= 15 is 0 Å². The molecule has 108 valence electrons. The number of alkyl halides is 3. The molecule has 10 heteroatoms. The molecule has 1 heterocycles. The van der Waals surface area contributed by atoms with E-state index in [-0.39, 0.29) is 4.90 Å². The molecular weight excluding hydrogens is 273 g/mol. The van der Waals surface area contributed by atoms with Gasteiger partial charge in [0.25, 0.3) is 5.91 Å². The van der Waals surface area contributed by atoms with Crippen LogP contribution in [0.15, 0.2) is 0 Å². The van der Waals surface area contributed by atoms with Crippen LogP contribution in [-0.2, 0) is 9.59 Å². The van der Waals surface area contributed by atoms with Crippen molar-refractivity contribution < 1.29 is 37.8 Å². The summed E-state index contributed by atoms with van der Waals surface area (Å²) in [4.78, 5) is 33.6. The first-order valence-corrected chi connectivity index (χ1v) is 4.99. The summed E-state index contributed by atoms with van der Waals surface area (Å²) in [6.07, 6.45) is -5.04. The Bertz CT molecular complexity index is 448. The third-order valence-electron chi connectivity index (χ3n) is 2.77. The average Bonchev–Trinajstić information content (AvgIpc) is 2.42.